The van der Waals surface area contributed by atoms with Gasteiger partial charge >= 0.3 is 12.1 Å². The zero-order chi connectivity index (χ0) is 9.14. The van der Waals surface area contributed by atoms with Crippen molar-refractivity contribution in [3.05, 3.63) is 12.3 Å². The molecule has 2 N–H and O–H groups in total. The highest BCUT2D eigenvalue weighted by atomic mass is 16.4. The molecule has 1 rings (SSSR count). The van der Waals surface area contributed by atoms with Crippen LogP contribution in [0.15, 0.2) is 12.3 Å². The Hall–Kier alpha value is -1.52. The molecule has 5 nitrogen and oxygen atoms in total. The second kappa shape index (κ2) is 3.25. The van der Waals surface area contributed by atoms with Gasteiger partial charge in [-0.25, -0.2) is 9.59 Å². The van der Waals surface area contributed by atoms with Gasteiger partial charge < -0.3 is 10.2 Å². The van der Waals surface area contributed by atoms with Crippen LogP contribution in [0.2, 0.25) is 0 Å². The normalized spacial score (nSPS) is 22.3. The highest BCUT2D eigenvalue weighted by molar-refractivity contribution is 5.80. The number of carboxylic acids is 1. The summed E-state index contributed by atoms with van der Waals surface area (Å²) in [7, 11) is 0. The molecule has 5 heteroatoms. The molecule has 0 saturated carbocycles. The van der Waals surface area contributed by atoms with E-state index in [1.165, 1.54) is 6.20 Å². The number of carbonyl (C=O) groups is 2. The Morgan fingerprint density at radius 1 is 1.42 bits per heavy atom. The van der Waals surface area contributed by atoms with E-state index in [0.717, 1.165) is 4.90 Å². The Balaban J connectivity index is 2.79. The van der Waals surface area contributed by atoms with Gasteiger partial charge in [-0.15, -0.1) is 0 Å². The fourth-order valence-electron chi connectivity index (χ4n) is 1.12. The number of hydrogen-bond donors (Lipinski definition) is 2. The Morgan fingerprint density at radius 2 is 2.08 bits per heavy atom. The summed E-state index contributed by atoms with van der Waals surface area (Å²) in [5.74, 6) is -1.10. The molecule has 0 aliphatic carbocycles. The first kappa shape index (κ1) is 8.58. The minimum atomic E-state index is -1.22. The highest BCUT2D eigenvalue weighted by Gasteiger charge is 2.28. The highest BCUT2D eigenvalue weighted by Crippen LogP contribution is 2.14. The van der Waals surface area contributed by atoms with Crippen LogP contribution in [0.3, 0.4) is 0 Å². The second-order valence-corrected chi connectivity index (χ2v) is 2.51. The lowest BCUT2D eigenvalue weighted by molar-refractivity contribution is -0.142. The summed E-state index contributed by atoms with van der Waals surface area (Å²) in [5.41, 5.74) is 0. The summed E-state index contributed by atoms with van der Waals surface area (Å²) in [4.78, 5) is 21.8. The molecule has 12 heavy (non-hydrogen) atoms. The first-order chi connectivity index (χ1) is 5.63. The lowest BCUT2D eigenvalue weighted by Crippen LogP contribution is -2.42. The first-order valence-electron chi connectivity index (χ1n) is 3.53. The molecule has 0 bridgehead atoms. The van der Waals surface area contributed by atoms with Crippen LogP contribution in [0.1, 0.15) is 12.8 Å². The maximum absolute atomic E-state index is 10.5. The Bertz CT molecular complexity index is 236. The van der Waals surface area contributed by atoms with Crippen molar-refractivity contribution in [2.24, 2.45) is 0 Å². The van der Waals surface area contributed by atoms with E-state index in [4.69, 9.17) is 10.2 Å². The molecule has 1 heterocycles. The Morgan fingerprint density at radius 3 is 2.50 bits per heavy atom. The van der Waals surface area contributed by atoms with E-state index in [0.29, 0.717) is 12.8 Å². The molecule has 0 fully saturated rings. The minimum absolute atomic E-state index is 0.345. The number of carboxylic acid groups (broad SMARTS) is 2. The van der Waals surface area contributed by atoms with E-state index < -0.39 is 18.1 Å². The predicted molar refractivity (Wildman–Crippen MR) is 39.7 cm³/mol. The van der Waals surface area contributed by atoms with Crippen LogP contribution in [0.4, 0.5) is 4.79 Å². The van der Waals surface area contributed by atoms with Gasteiger partial charge in [-0.2, -0.15) is 0 Å². The van der Waals surface area contributed by atoms with Crippen molar-refractivity contribution in [2.45, 2.75) is 18.9 Å². The van der Waals surface area contributed by atoms with Gasteiger partial charge in [-0.3, -0.25) is 4.90 Å². The van der Waals surface area contributed by atoms with E-state index in [2.05, 4.69) is 0 Å². The largest absolute Gasteiger partial charge is 0.480 e. The minimum Gasteiger partial charge on any atom is -0.480 e. The molecule has 1 aliphatic heterocycles. The van der Waals surface area contributed by atoms with Crippen molar-refractivity contribution in [3.63, 3.8) is 0 Å². The molecule has 1 atom stereocenters. The average molecular weight is 171 g/mol. The smallest absolute Gasteiger partial charge is 0.412 e. The van der Waals surface area contributed by atoms with Crippen molar-refractivity contribution in [2.75, 3.05) is 0 Å². The zero-order valence-electron chi connectivity index (χ0n) is 6.30. The number of allylic oxidation sites excluding steroid dienone is 1. The molecular formula is C7H9NO4. The fourth-order valence-corrected chi connectivity index (χ4v) is 1.12. The molecule has 1 aliphatic rings. The number of hydrogen-bond acceptors (Lipinski definition) is 2. The molecular weight excluding hydrogens is 162 g/mol. The fraction of sp³-hybridized carbons (Fsp3) is 0.429. The summed E-state index contributed by atoms with van der Waals surface area (Å²) in [5, 5.41) is 17.2. The average Bonchev–Trinajstić information content (AvgIpc) is 2.04. The summed E-state index contributed by atoms with van der Waals surface area (Å²) < 4.78 is 0. The van der Waals surface area contributed by atoms with Gasteiger partial charge in [0.2, 0.25) is 0 Å². The third-order valence-corrected chi connectivity index (χ3v) is 1.71. The summed E-state index contributed by atoms with van der Waals surface area (Å²) in [6, 6.07) is -0.924. The van der Waals surface area contributed by atoms with Crippen molar-refractivity contribution in [1.82, 2.24) is 4.90 Å². The van der Waals surface area contributed by atoms with Crippen LogP contribution in [-0.2, 0) is 4.79 Å². The van der Waals surface area contributed by atoms with Crippen molar-refractivity contribution >= 4 is 12.1 Å². The van der Waals surface area contributed by atoms with Gasteiger partial charge in [0.25, 0.3) is 0 Å². The van der Waals surface area contributed by atoms with Crippen LogP contribution in [0, 0.1) is 0 Å². The molecule has 0 aromatic carbocycles. The van der Waals surface area contributed by atoms with E-state index in [-0.39, 0.29) is 0 Å². The topological polar surface area (TPSA) is 77.8 Å². The van der Waals surface area contributed by atoms with Gasteiger partial charge in [-0.05, 0) is 12.8 Å². The summed E-state index contributed by atoms with van der Waals surface area (Å²) in [6.07, 6.45) is 2.68. The van der Waals surface area contributed by atoms with Gasteiger partial charge in [0, 0.05) is 6.20 Å². The molecule has 0 aromatic rings. The number of rotatable bonds is 1. The van der Waals surface area contributed by atoms with Gasteiger partial charge in [0.15, 0.2) is 0 Å². The van der Waals surface area contributed by atoms with Crippen molar-refractivity contribution in [1.29, 1.82) is 0 Å². The molecule has 1 amide bonds. The van der Waals surface area contributed by atoms with Crippen LogP contribution >= 0.6 is 0 Å². The summed E-state index contributed by atoms with van der Waals surface area (Å²) >= 11 is 0. The monoisotopic (exact) mass is 171 g/mol. The Labute approximate surface area is 68.9 Å². The lowest BCUT2D eigenvalue weighted by Gasteiger charge is -2.25. The van der Waals surface area contributed by atoms with E-state index in [1.807, 2.05) is 0 Å². The SMILES string of the molecule is O=C(O)C1CCC=CN1C(=O)O. The maximum Gasteiger partial charge on any atom is 0.412 e. The van der Waals surface area contributed by atoms with Crippen LogP contribution in [0.25, 0.3) is 0 Å². The molecule has 0 spiro atoms. The van der Waals surface area contributed by atoms with Gasteiger partial charge in [0.1, 0.15) is 6.04 Å². The standard InChI is InChI=1S/C7H9NO4/c9-6(10)5-3-1-2-4-8(5)7(11)12/h2,4-5H,1,3H2,(H,9,10)(H,11,12). The molecule has 0 aromatic heterocycles. The third-order valence-electron chi connectivity index (χ3n) is 1.71. The van der Waals surface area contributed by atoms with E-state index in [1.54, 1.807) is 6.08 Å². The second-order valence-electron chi connectivity index (χ2n) is 2.51. The first-order valence-corrected chi connectivity index (χ1v) is 3.53. The van der Waals surface area contributed by atoms with Crippen LogP contribution in [0.5, 0.6) is 0 Å². The number of amides is 1. The van der Waals surface area contributed by atoms with Crippen molar-refractivity contribution in [3.8, 4) is 0 Å². The number of aliphatic carboxylic acids is 1. The van der Waals surface area contributed by atoms with Crippen LogP contribution < -0.4 is 0 Å². The van der Waals surface area contributed by atoms with Gasteiger partial charge in [0.05, 0.1) is 0 Å². The van der Waals surface area contributed by atoms with Gasteiger partial charge in [-0.1, -0.05) is 6.08 Å². The third kappa shape index (κ3) is 1.55. The maximum atomic E-state index is 10.5. The lowest BCUT2D eigenvalue weighted by atomic mass is 10.1. The zero-order valence-corrected chi connectivity index (χ0v) is 6.30. The predicted octanol–water partition coefficient (Wildman–Crippen LogP) is 0.727. The number of nitrogens with zero attached hydrogens (tertiary/aromatic N) is 1. The van der Waals surface area contributed by atoms with Crippen molar-refractivity contribution < 1.29 is 19.8 Å². The van der Waals surface area contributed by atoms with E-state index >= 15 is 0 Å². The van der Waals surface area contributed by atoms with E-state index in [9.17, 15) is 9.59 Å². The summed E-state index contributed by atoms with van der Waals surface area (Å²) in [6.45, 7) is 0. The molecule has 0 radical (unpaired) electrons. The Kier molecular flexibility index (Phi) is 2.32. The van der Waals surface area contributed by atoms with Crippen LogP contribution in [-0.4, -0.2) is 33.2 Å². The quantitative estimate of drug-likeness (QED) is 0.609. The molecule has 0 saturated heterocycles. The molecule has 1 unspecified atom stereocenters. The molecule has 66 valence electrons.